The van der Waals surface area contributed by atoms with Crippen molar-refractivity contribution in [3.8, 4) is 0 Å². The molecule has 2 rings (SSSR count). The van der Waals surface area contributed by atoms with Crippen molar-refractivity contribution < 1.29 is 9.72 Å². The number of nitro groups is 1. The molecule has 0 saturated heterocycles. The number of nitro benzene ring substituents is 1. The number of amides is 1. The minimum atomic E-state index is -0.479. The molecule has 0 aliphatic heterocycles. The van der Waals surface area contributed by atoms with E-state index in [4.69, 9.17) is 0 Å². The van der Waals surface area contributed by atoms with Crippen LogP contribution in [0, 0.1) is 15.5 Å². The predicted octanol–water partition coefficient (Wildman–Crippen LogP) is 4.73. The average molecular weight is 426 g/mol. The molecule has 1 unspecified atom stereocenters. The molecule has 1 heterocycles. The topological polar surface area (TPSA) is 84.3 Å². The molecule has 2 aromatic rings. The van der Waals surface area contributed by atoms with Gasteiger partial charge in [0.05, 0.1) is 17.2 Å². The van der Waals surface area contributed by atoms with Crippen LogP contribution in [0.25, 0.3) is 0 Å². The lowest BCUT2D eigenvalue weighted by atomic mass is 9.86. The highest BCUT2D eigenvalue weighted by Crippen LogP contribution is 2.35. The number of nitrogens with one attached hydrogen (secondary N) is 2. The summed E-state index contributed by atoms with van der Waals surface area (Å²) in [5.74, 6) is -0.208. The van der Waals surface area contributed by atoms with E-state index >= 15 is 0 Å². The van der Waals surface area contributed by atoms with Crippen molar-refractivity contribution in [3.63, 3.8) is 0 Å². The van der Waals surface area contributed by atoms with E-state index < -0.39 is 4.92 Å². The van der Waals surface area contributed by atoms with Crippen molar-refractivity contribution in [1.82, 2.24) is 5.32 Å². The summed E-state index contributed by atoms with van der Waals surface area (Å²) < 4.78 is 0.473. The molecule has 0 aliphatic carbocycles. The minimum absolute atomic E-state index is 0.0338. The number of anilines is 1. The number of nitrogens with zero attached hydrogens (tertiary/aromatic N) is 1. The molecule has 0 radical (unpaired) electrons. The standard InChI is InChI=1S/C17H20BrN3O3S/c1-17(2,3)16(14-5-4-8-25-14)19-10-15(22)20-13-7-6-11(21(23)24)9-12(13)18/h4-9,16,19H,10H2,1-3H3,(H,20,22). The smallest absolute Gasteiger partial charge is 0.270 e. The second-order valence-electron chi connectivity index (χ2n) is 6.66. The van der Waals surface area contributed by atoms with Crippen LogP contribution in [0.15, 0.2) is 40.2 Å². The number of carbonyl (C=O) groups excluding carboxylic acids is 1. The first-order valence-corrected chi connectivity index (χ1v) is 9.36. The first kappa shape index (κ1) is 19.6. The third-order valence-electron chi connectivity index (χ3n) is 3.60. The van der Waals surface area contributed by atoms with Crippen molar-refractivity contribution in [2.75, 3.05) is 11.9 Å². The number of carbonyl (C=O) groups is 1. The zero-order valence-corrected chi connectivity index (χ0v) is 16.6. The largest absolute Gasteiger partial charge is 0.324 e. The van der Waals surface area contributed by atoms with Crippen LogP contribution in [0.4, 0.5) is 11.4 Å². The van der Waals surface area contributed by atoms with E-state index in [9.17, 15) is 14.9 Å². The molecule has 1 aromatic heterocycles. The summed E-state index contributed by atoms with van der Waals surface area (Å²) in [5.41, 5.74) is 0.424. The number of hydrogen-bond donors (Lipinski definition) is 2. The van der Waals surface area contributed by atoms with Gasteiger partial charge in [-0.3, -0.25) is 14.9 Å². The van der Waals surface area contributed by atoms with Gasteiger partial charge in [0.25, 0.3) is 5.69 Å². The highest BCUT2D eigenvalue weighted by Gasteiger charge is 2.27. The second-order valence-corrected chi connectivity index (χ2v) is 8.50. The molecule has 2 N–H and O–H groups in total. The first-order chi connectivity index (χ1) is 11.7. The molecule has 134 valence electrons. The van der Waals surface area contributed by atoms with Crippen LogP contribution >= 0.6 is 27.3 Å². The molecule has 1 aromatic carbocycles. The van der Waals surface area contributed by atoms with Gasteiger partial charge < -0.3 is 10.6 Å². The van der Waals surface area contributed by atoms with E-state index in [2.05, 4.69) is 53.4 Å². The number of rotatable bonds is 6. The Labute approximate surface area is 158 Å². The summed E-state index contributed by atoms with van der Waals surface area (Å²) in [7, 11) is 0. The zero-order valence-electron chi connectivity index (χ0n) is 14.2. The van der Waals surface area contributed by atoms with E-state index in [0.29, 0.717) is 10.2 Å². The summed E-state index contributed by atoms with van der Waals surface area (Å²) in [4.78, 5) is 23.7. The van der Waals surface area contributed by atoms with E-state index in [-0.39, 0.29) is 29.6 Å². The number of thiophene rings is 1. The fourth-order valence-electron chi connectivity index (χ4n) is 2.40. The van der Waals surface area contributed by atoms with Crippen LogP contribution < -0.4 is 10.6 Å². The molecule has 1 amide bonds. The molecule has 0 bridgehead atoms. The van der Waals surface area contributed by atoms with Crippen molar-refractivity contribution >= 4 is 44.5 Å². The normalized spacial score (nSPS) is 12.6. The van der Waals surface area contributed by atoms with Crippen LogP contribution in [0.5, 0.6) is 0 Å². The Bertz CT molecular complexity index is 757. The average Bonchev–Trinajstić information content (AvgIpc) is 3.02. The number of non-ortho nitro benzene ring substituents is 1. The maximum absolute atomic E-state index is 12.3. The molecule has 1 atom stereocenters. The SMILES string of the molecule is CC(C)(C)C(NCC(=O)Nc1ccc([N+](=O)[O-])cc1Br)c1cccs1. The Hall–Kier alpha value is -1.77. The third kappa shape index (κ3) is 5.35. The maximum Gasteiger partial charge on any atom is 0.270 e. The van der Waals surface area contributed by atoms with Gasteiger partial charge in [0.1, 0.15) is 0 Å². The first-order valence-electron chi connectivity index (χ1n) is 7.69. The maximum atomic E-state index is 12.3. The molecular weight excluding hydrogens is 406 g/mol. The van der Waals surface area contributed by atoms with E-state index in [1.165, 1.54) is 23.1 Å². The van der Waals surface area contributed by atoms with Crippen molar-refractivity contribution in [2.45, 2.75) is 26.8 Å². The Morgan fingerprint density at radius 1 is 1.36 bits per heavy atom. The summed E-state index contributed by atoms with van der Waals surface area (Å²) in [6, 6.07) is 8.34. The van der Waals surface area contributed by atoms with Crippen LogP contribution in [-0.2, 0) is 4.79 Å². The van der Waals surface area contributed by atoms with Crippen LogP contribution in [-0.4, -0.2) is 17.4 Å². The Morgan fingerprint density at radius 3 is 2.60 bits per heavy atom. The molecule has 0 aliphatic rings. The van der Waals surface area contributed by atoms with Gasteiger partial charge in [0.15, 0.2) is 0 Å². The number of hydrogen-bond acceptors (Lipinski definition) is 5. The summed E-state index contributed by atoms with van der Waals surface area (Å²) >= 11 is 4.90. The van der Waals surface area contributed by atoms with Gasteiger partial charge in [0.2, 0.25) is 5.91 Å². The lowest BCUT2D eigenvalue weighted by Gasteiger charge is -2.30. The fourth-order valence-corrected chi connectivity index (χ4v) is 3.91. The second kappa shape index (κ2) is 8.07. The van der Waals surface area contributed by atoms with Crippen LogP contribution in [0.1, 0.15) is 31.7 Å². The van der Waals surface area contributed by atoms with Gasteiger partial charge in [-0.15, -0.1) is 11.3 Å². The lowest BCUT2D eigenvalue weighted by Crippen LogP contribution is -2.37. The minimum Gasteiger partial charge on any atom is -0.324 e. The molecule has 25 heavy (non-hydrogen) atoms. The van der Waals surface area contributed by atoms with Gasteiger partial charge in [-0.2, -0.15) is 0 Å². The van der Waals surface area contributed by atoms with E-state index in [1.807, 2.05) is 11.4 Å². The van der Waals surface area contributed by atoms with E-state index in [0.717, 1.165) is 0 Å². The summed E-state index contributed by atoms with van der Waals surface area (Å²) in [6.45, 7) is 6.50. The third-order valence-corrected chi connectivity index (χ3v) is 5.19. The lowest BCUT2D eigenvalue weighted by molar-refractivity contribution is -0.384. The predicted molar refractivity (Wildman–Crippen MR) is 104 cm³/mol. The zero-order chi connectivity index (χ0) is 18.6. The molecular formula is C17H20BrN3O3S. The quantitative estimate of drug-likeness (QED) is 0.517. The van der Waals surface area contributed by atoms with Crippen molar-refractivity contribution in [1.29, 1.82) is 0 Å². The van der Waals surface area contributed by atoms with Crippen molar-refractivity contribution in [3.05, 3.63) is 55.2 Å². The molecule has 6 nitrogen and oxygen atoms in total. The molecule has 0 spiro atoms. The van der Waals surface area contributed by atoms with Gasteiger partial charge in [0, 0.05) is 27.5 Å². The van der Waals surface area contributed by atoms with Gasteiger partial charge >= 0.3 is 0 Å². The Kier molecular flexibility index (Phi) is 6.31. The van der Waals surface area contributed by atoms with Crippen LogP contribution in [0.2, 0.25) is 0 Å². The summed E-state index contributed by atoms with van der Waals surface area (Å²) in [5, 5.41) is 18.8. The molecule has 8 heteroatoms. The fraction of sp³-hybridized carbons (Fsp3) is 0.353. The molecule has 0 fully saturated rings. The highest BCUT2D eigenvalue weighted by molar-refractivity contribution is 9.10. The van der Waals surface area contributed by atoms with E-state index in [1.54, 1.807) is 11.3 Å². The summed E-state index contributed by atoms with van der Waals surface area (Å²) in [6.07, 6.45) is 0. The monoisotopic (exact) mass is 425 g/mol. The van der Waals surface area contributed by atoms with Crippen molar-refractivity contribution in [2.24, 2.45) is 5.41 Å². The number of benzene rings is 1. The van der Waals surface area contributed by atoms with Gasteiger partial charge in [-0.1, -0.05) is 26.8 Å². The Balaban J connectivity index is 2.01. The highest BCUT2D eigenvalue weighted by atomic mass is 79.9. The number of halogens is 1. The van der Waals surface area contributed by atoms with Crippen LogP contribution in [0.3, 0.4) is 0 Å². The van der Waals surface area contributed by atoms with Gasteiger partial charge in [-0.25, -0.2) is 0 Å². The molecule has 0 saturated carbocycles. The Morgan fingerprint density at radius 2 is 2.08 bits per heavy atom. The van der Waals surface area contributed by atoms with Gasteiger partial charge in [-0.05, 0) is 38.9 Å².